The van der Waals surface area contributed by atoms with E-state index in [1.807, 2.05) is 67.6 Å². The highest BCUT2D eigenvalue weighted by Gasteiger charge is 2.37. The lowest BCUT2D eigenvalue weighted by atomic mass is 9.83. The smallest absolute Gasteiger partial charge is 0.325 e. The van der Waals surface area contributed by atoms with Gasteiger partial charge in [0.05, 0.1) is 32.5 Å². The van der Waals surface area contributed by atoms with Crippen molar-refractivity contribution in [1.29, 1.82) is 0 Å². The fourth-order valence-electron chi connectivity index (χ4n) is 6.26. The van der Waals surface area contributed by atoms with Gasteiger partial charge in [-0.2, -0.15) is 0 Å². The molecule has 0 spiro atoms. The normalized spacial score (nSPS) is 18.0. The standard InChI is InChI=1S/C35H44N4O4/c1-27(39(31-13-6-3-7-14-31)35(41)38-20-24-43-25-21-38)34(40)30(17-16-28-10-8-9-15-32(28)36)26-33(29-11-4-2-5-12-29)37-18-22-42-23-19-37/h2-15,27,30,33H,16-26,36H2,1H3/t27?,30?,33-/m0/s1. The molecule has 3 aromatic carbocycles. The van der Waals surface area contributed by atoms with Gasteiger partial charge in [-0.15, -0.1) is 0 Å². The quantitative estimate of drug-likeness (QED) is 0.312. The molecule has 2 amide bonds. The molecule has 0 aromatic heterocycles. The topological polar surface area (TPSA) is 88.3 Å². The predicted molar refractivity (Wildman–Crippen MR) is 170 cm³/mol. The second kappa shape index (κ2) is 15.1. The molecule has 2 saturated heterocycles. The summed E-state index contributed by atoms with van der Waals surface area (Å²) in [5.41, 5.74) is 10.0. The summed E-state index contributed by atoms with van der Waals surface area (Å²) in [5, 5.41) is 0. The lowest BCUT2D eigenvalue weighted by Gasteiger charge is -2.39. The zero-order chi connectivity index (χ0) is 30.0. The Bertz CT molecular complexity index is 1310. The number of carbonyl (C=O) groups is 2. The van der Waals surface area contributed by atoms with Crippen LogP contribution in [0.2, 0.25) is 0 Å². The maximum atomic E-state index is 14.7. The third-order valence-electron chi connectivity index (χ3n) is 8.72. The Kier molecular flexibility index (Phi) is 10.8. The molecule has 43 heavy (non-hydrogen) atoms. The number of nitrogen functional groups attached to an aromatic ring is 1. The monoisotopic (exact) mass is 584 g/mol. The van der Waals surface area contributed by atoms with E-state index in [0.29, 0.717) is 58.8 Å². The van der Waals surface area contributed by atoms with Crippen LogP contribution >= 0.6 is 0 Å². The van der Waals surface area contributed by atoms with Crippen molar-refractivity contribution >= 4 is 23.2 Å². The summed E-state index contributed by atoms with van der Waals surface area (Å²) >= 11 is 0. The third-order valence-corrected chi connectivity index (χ3v) is 8.72. The predicted octanol–water partition coefficient (Wildman–Crippen LogP) is 5.20. The molecule has 2 unspecified atom stereocenters. The van der Waals surface area contributed by atoms with Crippen molar-refractivity contribution in [3.63, 3.8) is 0 Å². The molecule has 2 N–H and O–H groups in total. The van der Waals surface area contributed by atoms with E-state index in [-0.39, 0.29) is 23.8 Å². The number of para-hydroxylation sites is 2. The van der Waals surface area contributed by atoms with Gasteiger partial charge in [-0.25, -0.2) is 4.79 Å². The first-order valence-electron chi connectivity index (χ1n) is 15.5. The summed E-state index contributed by atoms with van der Waals surface area (Å²) in [6.07, 6.45) is 1.97. The van der Waals surface area contributed by atoms with Crippen molar-refractivity contribution < 1.29 is 19.1 Å². The molecule has 8 nitrogen and oxygen atoms in total. The molecule has 2 aliphatic rings. The van der Waals surface area contributed by atoms with E-state index in [1.54, 1.807) is 9.80 Å². The van der Waals surface area contributed by atoms with E-state index in [4.69, 9.17) is 15.2 Å². The molecule has 0 bridgehead atoms. The van der Waals surface area contributed by atoms with E-state index in [0.717, 1.165) is 30.0 Å². The van der Waals surface area contributed by atoms with Crippen LogP contribution < -0.4 is 10.6 Å². The number of hydrogen-bond acceptors (Lipinski definition) is 6. The number of benzene rings is 3. The molecule has 228 valence electrons. The number of ketones is 1. The SMILES string of the molecule is CC(C(=O)C(CCc1ccccc1N)C[C@@H](c1ccccc1)N1CCOCC1)N(C(=O)N1CCOCC1)c1ccccc1. The van der Waals surface area contributed by atoms with Gasteiger partial charge in [0, 0.05) is 49.5 Å². The Balaban J connectivity index is 1.46. The molecule has 2 heterocycles. The maximum absolute atomic E-state index is 14.7. The van der Waals surface area contributed by atoms with E-state index in [1.165, 1.54) is 5.56 Å². The van der Waals surface area contributed by atoms with Crippen molar-refractivity contribution in [2.24, 2.45) is 5.92 Å². The van der Waals surface area contributed by atoms with E-state index in [9.17, 15) is 9.59 Å². The average molecular weight is 585 g/mol. The molecule has 5 rings (SSSR count). The summed E-state index contributed by atoms with van der Waals surface area (Å²) in [6.45, 7) is 6.86. The number of nitrogens with two attached hydrogens (primary N) is 1. The lowest BCUT2D eigenvalue weighted by Crippen LogP contribution is -2.54. The Morgan fingerprint density at radius 2 is 1.40 bits per heavy atom. The highest BCUT2D eigenvalue weighted by molar-refractivity contribution is 6.01. The van der Waals surface area contributed by atoms with Crippen molar-refractivity contribution in [1.82, 2.24) is 9.80 Å². The molecule has 3 aromatic rings. The third kappa shape index (κ3) is 7.82. The number of aryl methyl sites for hydroxylation is 1. The largest absolute Gasteiger partial charge is 0.399 e. The van der Waals surface area contributed by atoms with Crippen molar-refractivity contribution in [2.45, 2.75) is 38.3 Å². The molecule has 0 saturated carbocycles. The number of rotatable bonds is 11. The minimum absolute atomic E-state index is 0.0551. The Labute approximate surface area is 255 Å². The maximum Gasteiger partial charge on any atom is 0.325 e. The van der Waals surface area contributed by atoms with Gasteiger partial charge in [0.15, 0.2) is 5.78 Å². The van der Waals surface area contributed by atoms with E-state index in [2.05, 4.69) is 29.2 Å². The number of anilines is 2. The zero-order valence-electron chi connectivity index (χ0n) is 25.1. The zero-order valence-corrected chi connectivity index (χ0v) is 25.1. The van der Waals surface area contributed by atoms with Gasteiger partial charge in [0.1, 0.15) is 0 Å². The summed E-state index contributed by atoms with van der Waals surface area (Å²) in [6, 6.07) is 27.1. The lowest BCUT2D eigenvalue weighted by molar-refractivity contribution is -0.124. The Morgan fingerprint density at radius 3 is 2.05 bits per heavy atom. The van der Waals surface area contributed by atoms with Crippen LogP contribution in [0.1, 0.15) is 36.9 Å². The van der Waals surface area contributed by atoms with Crippen LogP contribution in [-0.4, -0.2) is 80.3 Å². The average Bonchev–Trinajstić information content (AvgIpc) is 3.07. The number of Topliss-reactive ketones (excluding diaryl/α,β-unsaturated/α-hetero) is 1. The van der Waals surface area contributed by atoms with Crippen molar-refractivity contribution in [3.05, 3.63) is 96.1 Å². The summed E-state index contributed by atoms with van der Waals surface area (Å²) < 4.78 is 11.2. The minimum atomic E-state index is -0.656. The fourth-order valence-corrected chi connectivity index (χ4v) is 6.26. The summed E-state index contributed by atoms with van der Waals surface area (Å²) in [5.74, 6) is -0.236. The molecule has 0 radical (unpaired) electrons. The fraction of sp³-hybridized carbons (Fsp3) is 0.429. The number of ether oxygens (including phenoxy) is 2. The molecule has 8 heteroatoms. The van der Waals surface area contributed by atoms with Crippen molar-refractivity contribution in [2.75, 3.05) is 63.2 Å². The second-order valence-electron chi connectivity index (χ2n) is 11.4. The van der Waals surface area contributed by atoms with Crippen LogP contribution in [-0.2, 0) is 20.7 Å². The van der Waals surface area contributed by atoms with E-state index >= 15 is 0 Å². The van der Waals surface area contributed by atoms with Crippen LogP contribution in [0.15, 0.2) is 84.9 Å². The van der Waals surface area contributed by atoms with Crippen LogP contribution in [0.5, 0.6) is 0 Å². The van der Waals surface area contributed by atoms with Crippen LogP contribution in [0, 0.1) is 5.92 Å². The summed E-state index contributed by atoms with van der Waals surface area (Å²) in [4.78, 5) is 34.6. The Morgan fingerprint density at radius 1 is 0.814 bits per heavy atom. The van der Waals surface area contributed by atoms with Gasteiger partial charge < -0.3 is 20.1 Å². The van der Waals surface area contributed by atoms with Crippen molar-refractivity contribution in [3.8, 4) is 0 Å². The molecule has 0 aliphatic carbocycles. The highest BCUT2D eigenvalue weighted by atomic mass is 16.5. The van der Waals surface area contributed by atoms with Crippen LogP contribution in [0.25, 0.3) is 0 Å². The van der Waals surface area contributed by atoms with Gasteiger partial charge in [-0.1, -0.05) is 66.7 Å². The number of hydrogen-bond donors (Lipinski definition) is 1. The van der Waals surface area contributed by atoms with Crippen LogP contribution in [0.3, 0.4) is 0 Å². The molecule has 2 fully saturated rings. The number of urea groups is 1. The van der Waals surface area contributed by atoms with Gasteiger partial charge in [-0.3, -0.25) is 14.6 Å². The first-order chi connectivity index (χ1) is 21.0. The number of carbonyl (C=O) groups excluding carboxylic acids is 2. The number of nitrogens with zero attached hydrogens (tertiary/aromatic N) is 3. The summed E-state index contributed by atoms with van der Waals surface area (Å²) in [7, 11) is 0. The van der Waals surface area contributed by atoms with E-state index < -0.39 is 6.04 Å². The highest BCUT2D eigenvalue weighted by Crippen LogP contribution is 2.33. The van der Waals surface area contributed by atoms with Gasteiger partial charge in [0.2, 0.25) is 0 Å². The van der Waals surface area contributed by atoms with Gasteiger partial charge in [0.25, 0.3) is 0 Å². The number of amides is 2. The van der Waals surface area contributed by atoms with Crippen LogP contribution in [0.4, 0.5) is 16.2 Å². The first kappa shape index (κ1) is 30.7. The van der Waals surface area contributed by atoms with Gasteiger partial charge >= 0.3 is 6.03 Å². The first-order valence-corrected chi connectivity index (χ1v) is 15.5. The molecular formula is C35H44N4O4. The van der Waals surface area contributed by atoms with Gasteiger partial charge in [-0.05, 0) is 55.5 Å². The second-order valence-corrected chi connectivity index (χ2v) is 11.4. The molecular weight excluding hydrogens is 540 g/mol. The molecule has 3 atom stereocenters. The number of morpholine rings is 2. The Hall–Kier alpha value is -3.72. The molecule has 2 aliphatic heterocycles. The minimum Gasteiger partial charge on any atom is -0.399 e.